The van der Waals surface area contributed by atoms with Crippen LogP contribution in [0.2, 0.25) is 0 Å². The maximum Gasteiger partial charge on any atom is 0.319 e. The third-order valence-corrected chi connectivity index (χ3v) is 4.92. The second kappa shape index (κ2) is 10.4. The molecule has 2 rings (SSSR count). The topological polar surface area (TPSA) is 103 Å². The maximum absolute atomic E-state index is 13.0. The lowest BCUT2D eigenvalue weighted by Crippen LogP contribution is -2.49. The van der Waals surface area contributed by atoms with Gasteiger partial charge in [-0.05, 0) is 45.9 Å². The van der Waals surface area contributed by atoms with Gasteiger partial charge >= 0.3 is 12.1 Å². The van der Waals surface area contributed by atoms with E-state index in [2.05, 4.69) is 16.0 Å². The highest BCUT2D eigenvalue weighted by molar-refractivity contribution is 5.99. The van der Waals surface area contributed by atoms with E-state index >= 15 is 0 Å². The number of urea groups is 2. The molecular formula is C22H35N5O4. The van der Waals surface area contributed by atoms with Crippen LogP contribution in [0.3, 0.4) is 0 Å². The van der Waals surface area contributed by atoms with Gasteiger partial charge in [-0.15, -0.1) is 0 Å². The Labute approximate surface area is 184 Å². The highest BCUT2D eigenvalue weighted by Crippen LogP contribution is 2.29. The minimum atomic E-state index is -0.341. The Balaban J connectivity index is 2.25. The lowest BCUT2D eigenvalue weighted by molar-refractivity contribution is 0.0577. The van der Waals surface area contributed by atoms with Gasteiger partial charge in [-0.2, -0.15) is 0 Å². The Morgan fingerprint density at radius 3 is 2.45 bits per heavy atom. The van der Waals surface area contributed by atoms with Gasteiger partial charge < -0.3 is 30.5 Å². The van der Waals surface area contributed by atoms with E-state index in [9.17, 15) is 14.4 Å². The molecule has 5 amide bonds. The Bertz CT molecular complexity index is 811. The van der Waals surface area contributed by atoms with E-state index in [0.29, 0.717) is 30.1 Å². The molecule has 0 aliphatic carbocycles. The van der Waals surface area contributed by atoms with Crippen LogP contribution in [0.25, 0.3) is 0 Å². The Morgan fingerprint density at radius 2 is 1.84 bits per heavy atom. The third-order valence-electron chi connectivity index (χ3n) is 4.92. The molecule has 1 aliphatic heterocycles. The summed E-state index contributed by atoms with van der Waals surface area (Å²) in [5.74, 6) is 0.256. The van der Waals surface area contributed by atoms with E-state index in [-0.39, 0.29) is 42.1 Å². The molecule has 0 aromatic heterocycles. The molecule has 0 saturated carbocycles. The monoisotopic (exact) mass is 433 g/mol. The van der Waals surface area contributed by atoms with Gasteiger partial charge in [0, 0.05) is 44.3 Å². The normalized spacial score (nSPS) is 18.6. The fraction of sp³-hybridized carbons (Fsp3) is 0.591. The molecule has 1 aromatic carbocycles. The minimum absolute atomic E-state index is 0.00558. The molecule has 9 heteroatoms. The van der Waals surface area contributed by atoms with Crippen LogP contribution >= 0.6 is 0 Å². The van der Waals surface area contributed by atoms with Gasteiger partial charge in [0.05, 0.1) is 12.1 Å². The molecule has 0 unspecified atom stereocenters. The van der Waals surface area contributed by atoms with Crippen molar-refractivity contribution in [2.24, 2.45) is 5.92 Å². The number of carbonyl (C=O) groups is 3. The van der Waals surface area contributed by atoms with Crippen molar-refractivity contribution in [3.8, 4) is 5.75 Å². The number of benzene rings is 1. The minimum Gasteiger partial charge on any atom is -0.487 e. The number of nitrogens with one attached hydrogen (secondary N) is 3. The maximum atomic E-state index is 13.0. The van der Waals surface area contributed by atoms with E-state index < -0.39 is 0 Å². The summed E-state index contributed by atoms with van der Waals surface area (Å²) in [6.07, 6.45) is -0.305. The summed E-state index contributed by atoms with van der Waals surface area (Å²) in [6, 6.07) is 4.52. The van der Waals surface area contributed by atoms with Crippen LogP contribution in [0.5, 0.6) is 5.75 Å². The number of anilines is 1. The molecule has 0 fully saturated rings. The number of likely N-dealkylation sites (N-methyl/N-ethyl adjacent to an activating group) is 1. The number of carbonyl (C=O) groups excluding carboxylic acids is 3. The zero-order chi connectivity index (χ0) is 23.3. The second-order valence-corrected chi connectivity index (χ2v) is 8.77. The smallest absolute Gasteiger partial charge is 0.319 e. The van der Waals surface area contributed by atoms with Gasteiger partial charge in [-0.3, -0.25) is 4.79 Å². The lowest BCUT2D eigenvalue weighted by atomic mass is 10.0. The summed E-state index contributed by atoms with van der Waals surface area (Å²) in [6.45, 7) is 10.4. The van der Waals surface area contributed by atoms with Crippen molar-refractivity contribution in [3.63, 3.8) is 0 Å². The first-order valence-corrected chi connectivity index (χ1v) is 10.6. The van der Waals surface area contributed by atoms with Crippen LogP contribution in [0.4, 0.5) is 15.3 Å². The highest BCUT2D eigenvalue weighted by atomic mass is 16.5. The molecule has 3 N–H and O–H groups in total. The fourth-order valence-corrected chi connectivity index (χ4v) is 3.35. The number of nitrogens with zero attached hydrogens (tertiary/aromatic N) is 2. The van der Waals surface area contributed by atoms with E-state index in [1.807, 2.05) is 34.6 Å². The molecule has 0 saturated heterocycles. The van der Waals surface area contributed by atoms with E-state index in [1.165, 1.54) is 0 Å². The molecule has 1 aliphatic rings. The highest BCUT2D eigenvalue weighted by Gasteiger charge is 2.31. The van der Waals surface area contributed by atoms with Crippen LogP contribution in [0.15, 0.2) is 18.2 Å². The predicted molar refractivity (Wildman–Crippen MR) is 121 cm³/mol. The van der Waals surface area contributed by atoms with Crippen molar-refractivity contribution in [3.05, 3.63) is 23.8 Å². The largest absolute Gasteiger partial charge is 0.487 e. The van der Waals surface area contributed by atoms with Crippen LogP contribution in [-0.2, 0) is 0 Å². The van der Waals surface area contributed by atoms with Crippen molar-refractivity contribution in [1.82, 2.24) is 20.4 Å². The van der Waals surface area contributed by atoms with Crippen molar-refractivity contribution in [2.75, 3.05) is 32.5 Å². The van der Waals surface area contributed by atoms with E-state index in [4.69, 9.17) is 4.74 Å². The molecule has 0 spiro atoms. The van der Waals surface area contributed by atoms with Crippen LogP contribution in [-0.4, -0.2) is 73.1 Å². The van der Waals surface area contributed by atoms with E-state index in [1.54, 1.807) is 42.1 Å². The summed E-state index contributed by atoms with van der Waals surface area (Å²) < 4.78 is 6.22. The van der Waals surface area contributed by atoms with Gasteiger partial charge in [0.15, 0.2) is 0 Å². The van der Waals surface area contributed by atoms with Gasteiger partial charge in [0.1, 0.15) is 11.9 Å². The van der Waals surface area contributed by atoms with Gasteiger partial charge in [0.25, 0.3) is 5.91 Å². The zero-order valence-corrected chi connectivity index (χ0v) is 19.5. The standard InChI is InChI=1S/C22H35N5O4/c1-13(2)23-21(29)25-16-8-9-18-17(10-16)20(28)26(6)11-15(5)19(31-18)12-27(7)22(30)24-14(3)4/h8-10,13-15,19H,11-12H2,1-7H3,(H,24,30)(H2,23,25,29)/t15-,19-/m1/s1. The average Bonchev–Trinajstić information content (AvgIpc) is 2.65. The summed E-state index contributed by atoms with van der Waals surface area (Å²) in [5, 5.41) is 8.36. The number of amides is 5. The summed E-state index contributed by atoms with van der Waals surface area (Å²) >= 11 is 0. The summed E-state index contributed by atoms with van der Waals surface area (Å²) in [7, 11) is 3.47. The quantitative estimate of drug-likeness (QED) is 0.664. The Kier molecular flexibility index (Phi) is 8.13. The van der Waals surface area contributed by atoms with Gasteiger partial charge in [-0.1, -0.05) is 6.92 Å². The lowest BCUT2D eigenvalue weighted by Gasteiger charge is -2.35. The predicted octanol–water partition coefficient (Wildman–Crippen LogP) is 2.74. The summed E-state index contributed by atoms with van der Waals surface area (Å²) in [4.78, 5) is 40.5. The molecule has 9 nitrogen and oxygen atoms in total. The Morgan fingerprint density at radius 1 is 1.19 bits per heavy atom. The molecule has 0 bridgehead atoms. The number of rotatable bonds is 5. The Hall–Kier alpha value is -2.97. The molecule has 0 radical (unpaired) electrons. The van der Waals surface area contributed by atoms with Crippen molar-refractivity contribution >= 4 is 23.7 Å². The number of fused-ring (bicyclic) bond motifs is 1. The summed E-state index contributed by atoms with van der Waals surface area (Å²) in [5.41, 5.74) is 0.872. The average molecular weight is 434 g/mol. The third kappa shape index (κ3) is 6.77. The first-order chi connectivity index (χ1) is 14.5. The number of ether oxygens (including phenoxy) is 1. The van der Waals surface area contributed by atoms with Crippen LogP contribution in [0, 0.1) is 5.92 Å². The number of hydrogen-bond acceptors (Lipinski definition) is 4. The van der Waals surface area contributed by atoms with Gasteiger partial charge in [0.2, 0.25) is 0 Å². The zero-order valence-electron chi connectivity index (χ0n) is 19.5. The molecular weight excluding hydrogens is 398 g/mol. The first kappa shape index (κ1) is 24.3. The first-order valence-electron chi connectivity index (χ1n) is 10.6. The van der Waals surface area contributed by atoms with E-state index in [0.717, 1.165) is 0 Å². The van der Waals surface area contributed by atoms with Crippen LogP contribution in [0.1, 0.15) is 45.0 Å². The SMILES string of the molecule is CC(C)NC(=O)Nc1ccc2c(c1)C(=O)N(C)C[C@@H](C)[C@@H](CN(C)C(=O)NC(C)C)O2. The molecule has 31 heavy (non-hydrogen) atoms. The molecule has 2 atom stereocenters. The number of hydrogen-bond donors (Lipinski definition) is 3. The molecule has 172 valence electrons. The van der Waals surface area contributed by atoms with Crippen molar-refractivity contribution in [1.29, 1.82) is 0 Å². The van der Waals surface area contributed by atoms with Crippen molar-refractivity contribution < 1.29 is 19.1 Å². The molecule has 1 heterocycles. The van der Waals surface area contributed by atoms with Gasteiger partial charge in [-0.25, -0.2) is 9.59 Å². The molecule has 1 aromatic rings. The van der Waals surface area contributed by atoms with Crippen LogP contribution < -0.4 is 20.7 Å². The fourth-order valence-electron chi connectivity index (χ4n) is 3.35. The van der Waals surface area contributed by atoms with Crippen molar-refractivity contribution in [2.45, 2.75) is 52.8 Å². The second-order valence-electron chi connectivity index (χ2n) is 8.77.